The topological polar surface area (TPSA) is 180 Å². The number of urea groups is 1. The average molecular weight is 633 g/mol. The Morgan fingerprint density at radius 2 is 1.64 bits per heavy atom. The molecule has 13 heteroatoms. The van der Waals surface area contributed by atoms with E-state index in [4.69, 9.17) is 10.5 Å². The molecule has 6 amide bonds. The van der Waals surface area contributed by atoms with Crippen LogP contribution in [0.3, 0.4) is 0 Å². The molecule has 0 aromatic carbocycles. The van der Waals surface area contributed by atoms with Crippen molar-refractivity contribution in [2.45, 2.75) is 117 Å². The molecule has 0 aromatic heterocycles. The number of hydrogen-bond donors (Lipinski definition) is 4. The fourth-order valence-corrected chi connectivity index (χ4v) is 7.25. The highest BCUT2D eigenvalue weighted by atomic mass is 16.6. The molecule has 45 heavy (non-hydrogen) atoms. The lowest BCUT2D eigenvalue weighted by molar-refractivity contribution is -0.145. The molecule has 13 nitrogen and oxygen atoms in total. The van der Waals surface area contributed by atoms with Gasteiger partial charge >= 0.3 is 12.1 Å². The molecule has 2 unspecified atom stereocenters. The van der Waals surface area contributed by atoms with Crippen molar-refractivity contribution in [3.63, 3.8) is 0 Å². The second-order valence-corrected chi connectivity index (χ2v) is 15.3. The highest BCUT2D eigenvalue weighted by molar-refractivity contribution is 6.37. The summed E-state index contributed by atoms with van der Waals surface area (Å²) < 4.78 is 5.31. The lowest BCUT2D eigenvalue weighted by Gasteiger charge is -2.38. The number of likely N-dealkylation sites (tertiary alicyclic amines) is 2. The summed E-state index contributed by atoms with van der Waals surface area (Å²) in [5, 5.41) is 8.57. The maximum atomic E-state index is 14.2. The Bertz CT molecular complexity index is 1190. The zero-order valence-electron chi connectivity index (χ0n) is 27.8. The van der Waals surface area contributed by atoms with E-state index in [0.717, 1.165) is 19.3 Å². The molecule has 0 radical (unpaired) electrons. The number of carbonyl (C=O) groups excluding carboxylic acids is 6. The van der Waals surface area contributed by atoms with Crippen molar-refractivity contribution >= 4 is 35.6 Å². The Kier molecular flexibility index (Phi) is 10.1. The molecular weight excluding hydrogens is 580 g/mol. The zero-order valence-corrected chi connectivity index (χ0v) is 27.8. The van der Waals surface area contributed by atoms with Crippen LogP contribution in [0.4, 0.5) is 9.59 Å². The van der Waals surface area contributed by atoms with E-state index in [1.54, 1.807) is 18.7 Å². The van der Waals surface area contributed by atoms with E-state index in [0.29, 0.717) is 38.9 Å². The first kappa shape index (κ1) is 34.5. The molecule has 2 heterocycles. The van der Waals surface area contributed by atoms with Gasteiger partial charge in [0.05, 0.1) is 12.1 Å². The summed E-state index contributed by atoms with van der Waals surface area (Å²) in [5.74, 6) is -2.59. The number of rotatable bonds is 10. The maximum absolute atomic E-state index is 14.2. The molecule has 6 atom stereocenters. The van der Waals surface area contributed by atoms with Crippen molar-refractivity contribution in [3.05, 3.63) is 0 Å². The Labute approximate surface area is 266 Å². The van der Waals surface area contributed by atoms with Gasteiger partial charge in [0.25, 0.3) is 5.91 Å². The molecule has 5 N–H and O–H groups in total. The van der Waals surface area contributed by atoms with E-state index in [2.05, 4.69) is 29.8 Å². The van der Waals surface area contributed by atoms with Crippen LogP contribution in [0.2, 0.25) is 0 Å². The number of nitrogens with one attached hydrogen (secondary N) is 3. The monoisotopic (exact) mass is 632 g/mol. The molecule has 0 bridgehead atoms. The summed E-state index contributed by atoms with van der Waals surface area (Å²) in [6, 6.07) is -3.70. The van der Waals surface area contributed by atoms with Crippen LogP contribution < -0.4 is 21.7 Å². The lowest BCUT2D eigenvalue weighted by atomic mass is 9.80. The fourth-order valence-electron chi connectivity index (χ4n) is 7.25. The lowest BCUT2D eigenvalue weighted by Crippen LogP contribution is -2.62. The van der Waals surface area contributed by atoms with Gasteiger partial charge in [-0.25, -0.2) is 9.59 Å². The van der Waals surface area contributed by atoms with Gasteiger partial charge in [0.15, 0.2) is 0 Å². The largest absolute Gasteiger partial charge is 0.447 e. The number of piperidine rings is 2. The number of ether oxygens (including phenoxy) is 1. The van der Waals surface area contributed by atoms with Crippen molar-refractivity contribution in [2.24, 2.45) is 34.3 Å². The number of amides is 6. The standard InChI is InChI=1S/C32H52N6O7/c1-17(2)45-30(44)37-13-9-12-19(15-37)34-29(43)36-25(31(3,4)5)28(42)38-16-20-22(32(20,6)7)23(38)27(41)35-21(24(39)26(33)40)14-18-10-8-11-18/h17-23,25H,8-16H2,1-7H3,(H2,33,40)(H,35,41)(H2,34,36,43)/t19?,20-,21?,22-,23-,25+/m0/s1. The first-order valence-corrected chi connectivity index (χ1v) is 16.4. The van der Waals surface area contributed by atoms with Gasteiger partial charge in [0, 0.05) is 25.7 Å². The zero-order chi connectivity index (χ0) is 33.4. The molecule has 2 aliphatic heterocycles. The molecule has 0 aromatic rings. The van der Waals surface area contributed by atoms with Crippen molar-refractivity contribution < 1.29 is 33.5 Å². The van der Waals surface area contributed by atoms with Crippen molar-refractivity contribution in [1.29, 1.82) is 0 Å². The molecule has 4 rings (SSSR count). The number of fused-ring (bicyclic) bond motifs is 1. The van der Waals surface area contributed by atoms with Gasteiger partial charge in [-0.1, -0.05) is 53.9 Å². The van der Waals surface area contributed by atoms with Gasteiger partial charge < -0.3 is 36.2 Å². The van der Waals surface area contributed by atoms with Crippen LogP contribution in [-0.4, -0.2) is 95.3 Å². The smallest absolute Gasteiger partial charge is 0.410 e. The van der Waals surface area contributed by atoms with Crippen LogP contribution in [0.5, 0.6) is 0 Å². The Morgan fingerprint density at radius 3 is 2.20 bits per heavy atom. The van der Waals surface area contributed by atoms with E-state index < -0.39 is 53.3 Å². The van der Waals surface area contributed by atoms with Crippen LogP contribution >= 0.6 is 0 Å². The summed E-state index contributed by atoms with van der Waals surface area (Å²) in [6.07, 6.45) is 3.92. The number of hydrogen-bond acceptors (Lipinski definition) is 7. The second kappa shape index (κ2) is 13.2. The number of nitrogens with two attached hydrogens (primary N) is 1. The summed E-state index contributed by atoms with van der Waals surface area (Å²) >= 11 is 0. The maximum Gasteiger partial charge on any atom is 0.410 e. The highest BCUT2D eigenvalue weighted by Gasteiger charge is 2.70. The average Bonchev–Trinajstić information content (AvgIpc) is 3.23. The minimum Gasteiger partial charge on any atom is -0.447 e. The molecular formula is C32H52N6O7. The predicted molar refractivity (Wildman–Crippen MR) is 165 cm³/mol. The molecule has 2 saturated heterocycles. The van der Waals surface area contributed by atoms with Crippen LogP contribution in [0.15, 0.2) is 0 Å². The van der Waals surface area contributed by atoms with Crippen LogP contribution in [0, 0.1) is 28.6 Å². The SMILES string of the molecule is CC(C)OC(=O)N1CCCC(NC(=O)N[C@H](C(=O)N2C[C@H]3[C@@H]([C@H]2C(=O)NC(CC2CCC2)C(=O)C(N)=O)C3(C)C)C(C)(C)C)C1. The van der Waals surface area contributed by atoms with Gasteiger partial charge in [-0.2, -0.15) is 0 Å². The van der Waals surface area contributed by atoms with Crippen LogP contribution in [0.1, 0.15) is 87.0 Å². The third-order valence-corrected chi connectivity index (χ3v) is 10.2. The minimum atomic E-state index is -1.09. The number of ketones is 1. The fraction of sp³-hybridized carbons (Fsp3) is 0.812. The Morgan fingerprint density at radius 1 is 0.978 bits per heavy atom. The molecule has 0 spiro atoms. The van der Waals surface area contributed by atoms with Gasteiger partial charge in [0.1, 0.15) is 12.1 Å². The van der Waals surface area contributed by atoms with Crippen molar-refractivity contribution in [1.82, 2.24) is 25.8 Å². The first-order valence-electron chi connectivity index (χ1n) is 16.4. The van der Waals surface area contributed by atoms with E-state index in [1.807, 2.05) is 20.8 Å². The third kappa shape index (κ3) is 7.71. The number of Topliss-reactive ketones (excluding diaryl/α,β-unsaturated/α-hetero) is 1. The molecule has 4 fully saturated rings. The van der Waals surface area contributed by atoms with E-state index in [1.165, 1.54) is 4.90 Å². The highest BCUT2D eigenvalue weighted by Crippen LogP contribution is 2.65. The molecule has 2 saturated carbocycles. The Balaban J connectivity index is 1.46. The van der Waals surface area contributed by atoms with Gasteiger partial charge in [-0.3, -0.25) is 19.2 Å². The summed E-state index contributed by atoms with van der Waals surface area (Å²) in [7, 11) is 0. The first-order chi connectivity index (χ1) is 20.9. The van der Waals surface area contributed by atoms with E-state index in [-0.39, 0.29) is 41.2 Å². The second-order valence-electron chi connectivity index (χ2n) is 15.3. The Hall–Kier alpha value is -3.38. The molecule has 4 aliphatic rings. The summed E-state index contributed by atoms with van der Waals surface area (Å²) in [5.41, 5.74) is 4.44. The van der Waals surface area contributed by atoms with E-state index >= 15 is 0 Å². The predicted octanol–water partition coefficient (Wildman–Crippen LogP) is 1.92. The number of primary amides is 1. The van der Waals surface area contributed by atoms with Crippen LogP contribution in [0.25, 0.3) is 0 Å². The van der Waals surface area contributed by atoms with Crippen LogP contribution in [-0.2, 0) is 23.9 Å². The number of nitrogens with zero attached hydrogens (tertiary/aromatic N) is 2. The normalized spacial score (nSPS) is 27.0. The summed E-state index contributed by atoms with van der Waals surface area (Å²) in [6.45, 7) is 14.4. The third-order valence-electron chi connectivity index (χ3n) is 10.2. The molecule has 252 valence electrons. The van der Waals surface area contributed by atoms with Gasteiger partial charge in [-0.15, -0.1) is 0 Å². The summed E-state index contributed by atoms with van der Waals surface area (Å²) in [4.78, 5) is 81.3. The quantitative estimate of drug-likeness (QED) is 0.266. The van der Waals surface area contributed by atoms with Gasteiger partial charge in [-0.05, 0) is 61.7 Å². The minimum absolute atomic E-state index is 0.0855. The molecule has 2 aliphatic carbocycles. The van der Waals surface area contributed by atoms with Crippen molar-refractivity contribution in [3.8, 4) is 0 Å². The van der Waals surface area contributed by atoms with Gasteiger partial charge in [0.2, 0.25) is 17.6 Å². The number of carbonyl (C=O) groups is 6. The van der Waals surface area contributed by atoms with E-state index in [9.17, 15) is 28.8 Å². The van der Waals surface area contributed by atoms with Crippen molar-refractivity contribution in [2.75, 3.05) is 19.6 Å².